The lowest BCUT2D eigenvalue weighted by molar-refractivity contribution is -0.143. The second-order valence-corrected chi connectivity index (χ2v) is 6.04. The van der Waals surface area contributed by atoms with Gasteiger partial charge in [0.05, 0.1) is 13.2 Å². The van der Waals surface area contributed by atoms with Gasteiger partial charge in [-0.05, 0) is 29.3 Å². The topological polar surface area (TPSA) is 74.4 Å². The zero-order valence-corrected chi connectivity index (χ0v) is 14.5. The second-order valence-electron chi connectivity index (χ2n) is 6.04. The number of benzene rings is 2. The summed E-state index contributed by atoms with van der Waals surface area (Å²) in [7, 11) is 1.40. The van der Waals surface area contributed by atoms with E-state index >= 15 is 0 Å². The highest BCUT2D eigenvalue weighted by atomic mass is 35.5. The molecular formula is C19H19ClN2O3. The van der Waals surface area contributed by atoms with Crippen LogP contribution in [0.5, 0.6) is 5.75 Å². The SMILES string of the molecule is COC(=O)[C@@H]1Cc2c([nH]c3ccccc23)[C@H](c2cccc(O)c2)N1.Cl. The number of carbonyl (C=O) groups is 1. The van der Waals surface area contributed by atoms with Crippen molar-refractivity contribution in [2.24, 2.45) is 0 Å². The number of halogens is 1. The minimum absolute atomic E-state index is 0. The predicted octanol–water partition coefficient (Wildman–Crippen LogP) is 3.07. The number of carbonyl (C=O) groups excluding carboxylic acids is 1. The molecule has 0 saturated heterocycles. The van der Waals surface area contributed by atoms with Crippen molar-refractivity contribution in [1.29, 1.82) is 0 Å². The summed E-state index contributed by atoms with van der Waals surface area (Å²) in [4.78, 5) is 15.6. The molecule has 1 aliphatic heterocycles. The Balaban J connectivity index is 0.00000182. The van der Waals surface area contributed by atoms with Gasteiger partial charge in [-0.15, -0.1) is 12.4 Å². The van der Waals surface area contributed by atoms with Crippen molar-refractivity contribution >= 4 is 29.3 Å². The highest BCUT2D eigenvalue weighted by Gasteiger charge is 2.34. The molecule has 2 atom stereocenters. The molecule has 5 nitrogen and oxygen atoms in total. The minimum atomic E-state index is -0.422. The average Bonchev–Trinajstić information content (AvgIpc) is 2.99. The standard InChI is InChI=1S/C19H18N2O3.ClH/c1-24-19(23)16-10-14-13-7-2-3-8-15(13)20-18(14)17(21-16)11-5-4-6-12(22)9-11;/h2-9,16-17,20-22H,10H2,1H3;1H/t16-,17-;/m0./s1. The molecule has 25 heavy (non-hydrogen) atoms. The number of methoxy groups -OCH3 is 1. The van der Waals surface area contributed by atoms with Crippen molar-refractivity contribution in [3.63, 3.8) is 0 Å². The highest BCUT2D eigenvalue weighted by Crippen LogP contribution is 2.36. The summed E-state index contributed by atoms with van der Waals surface area (Å²) in [5.41, 5.74) is 4.09. The van der Waals surface area contributed by atoms with E-state index in [0.717, 1.165) is 27.7 Å². The molecular weight excluding hydrogens is 340 g/mol. The molecule has 6 heteroatoms. The van der Waals surface area contributed by atoms with Crippen LogP contribution in [-0.2, 0) is 16.0 Å². The smallest absolute Gasteiger partial charge is 0.323 e. The minimum Gasteiger partial charge on any atom is -0.508 e. The van der Waals surface area contributed by atoms with E-state index in [9.17, 15) is 9.90 Å². The van der Waals surface area contributed by atoms with Crippen LogP contribution in [0, 0.1) is 0 Å². The summed E-state index contributed by atoms with van der Waals surface area (Å²) < 4.78 is 4.94. The fourth-order valence-corrected chi connectivity index (χ4v) is 3.50. The highest BCUT2D eigenvalue weighted by molar-refractivity contribution is 5.87. The third kappa shape index (κ3) is 2.97. The first kappa shape index (κ1) is 17.3. The number of para-hydroxylation sites is 1. The van der Waals surface area contributed by atoms with Crippen LogP contribution in [0.4, 0.5) is 0 Å². The number of fused-ring (bicyclic) bond motifs is 3. The van der Waals surface area contributed by atoms with Gasteiger partial charge in [0.2, 0.25) is 0 Å². The first-order valence-electron chi connectivity index (χ1n) is 7.89. The van der Waals surface area contributed by atoms with Crippen LogP contribution in [0.25, 0.3) is 10.9 Å². The summed E-state index contributed by atoms with van der Waals surface area (Å²) in [6.07, 6.45) is 0.571. The lowest BCUT2D eigenvalue weighted by atomic mass is 9.90. The maximum absolute atomic E-state index is 12.1. The molecule has 0 radical (unpaired) electrons. The van der Waals surface area contributed by atoms with Gasteiger partial charge in [-0.3, -0.25) is 10.1 Å². The number of nitrogens with one attached hydrogen (secondary N) is 2. The number of H-pyrrole nitrogens is 1. The second kappa shape index (κ2) is 6.78. The molecule has 0 bridgehead atoms. The van der Waals surface area contributed by atoms with Gasteiger partial charge in [-0.25, -0.2) is 0 Å². The summed E-state index contributed by atoms with van der Waals surface area (Å²) in [6, 6.07) is 14.5. The fraction of sp³-hybridized carbons (Fsp3) is 0.211. The number of aromatic amines is 1. The lowest BCUT2D eigenvalue weighted by Gasteiger charge is -2.30. The molecule has 0 aliphatic carbocycles. The molecule has 1 aromatic heterocycles. The Labute approximate surface area is 151 Å². The first-order chi connectivity index (χ1) is 11.7. The summed E-state index contributed by atoms with van der Waals surface area (Å²) in [5, 5.41) is 14.3. The average molecular weight is 359 g/mol. The normalized spacial score (nSPS) is 19.1. The number of hydrogen-bond donors (Lipinski definition) is 3. The maximum Gasteiger partial charge on any atom is 0.323 e. The maximum atomic E-state index is 12.1. The molecule has 3 N–H and O–H groups in total. The zero-order chi connectivity index (χ0) is 16.7. The third-order valence-corrected chi connectivity index (χ3v) is 4.60. The van der Waals surface area contributed by atoms with Gasteiger partial charge < -0.3 is 14.8 Å². The molecule has 2 aromatic carbocycles. The van der Waals surface area contributed by atoms with Crippen molar-refractivity contribution in [3.05, 3.63) is 65.4 Å². The molecule has 0 amide bonds. The van der Waals surface area contributed by atoms with E-state index in [1.807, 2.05) is 24.3 Å². The Morgan fingerprint density at radius 3 is 2.76 bits per heavy atom. The molecule has 1 aliphatic rings. The Bertz CT molecular complexity index is 922. The van der Waals surface area contributed by atoms with E-state index in [0.29, 0.717) is 6.42 Å². The lowest BCUT2D eigenvalue weighted by Crippen LogP contribution is -2.45. The summed E-state index contributed by atoms with van der Waals surface area (Å²) in [6.45, 7) is 0. The van der Waals surface area contributed by atoms with Gasteiger partial charge in [0.15, 0.2) is 0 Å². The van der Waals surface area contributed by atoms with E-state index in [-0.39, 0.29) is 30.2 Å². The Morgan fingerprint density at radius 1 is 1.20 bits per heavy atom. The van der Waals surface area contributed by atoms with E-state index in [1.54, 1.807) is 18.2 Å². The van der Waals surface area contributed by atoms with Gasteiger partial charge in [-0.1, -0.05) is 30.3 Å². The third-order valence-electron chi connectivity index (χ3n) is 4.60. The van der Waals surface area contributed by atoms with Crippen molar-refractivity contribution in [2.45, 2.75) is 18.5 Å². The molecule has 3 aromatic rings. The van der Waals surface area contributed by atoms with Gasteiger partial charge >= 0.3 is 5.97 Å². The van der Waals surface area contributed by atoms with Crippen molar-refractivity contribution in [2.75, 3.05) is 7.11 Å². The summed E-state index contributed by atoms with van der Waals surface area (Å²) in [5.74, 6) is -0.0803. The quantitative estimate of drug-likeness (QED) is 0.615. The van der Waals surface area contributed by atoms with Crippen LogP contribution < -0.4 is 5.32 Å². The van der Waals surface area contributed by atoms with Gasteiger partial charge in [0, 0.05) is 23.0 Å². The number of aromatic hydroxyl groups is 1. The van der Waals surface area contributed by atoms with Gasteiger partial charge in [0.25, 0.3) is 0 Å². The van der Waals surface area contributed by atoms with E-state index in [1.165, 1.54) is 7.11 Å². The van der Waals surface area contributed by atoms with Crippen LogP contribution >= 0.6 is 12.4 Å². The zero-order valence-electron chi connectivity index (χ0n) is 13.7. The molecule has 4 rings (SSSR count). The van der Waals surface area contributed by atoms with Crippen LogP contribution in [-0.4, -0.2) is 29.2 Å². The Morgan fingerprint density at radius 2 is 2.00 bits per heavy atom. The van der Waals surface area contributed by atoms with Crippen molar-refractivity contribution < 1.29 is 14.6 Å². The van der Waals surface area contributed by atoms with Gasteiger partial charge in [-0.2, -0.15) is 0 Å². The fourth-order valence-electron chi connectivity index (χ4n) is 3.50. The number of phenolic OH excluding ortho intramolecular Hbond substituents is 1. The largest absolute Gasteiger partial charge is 0.508 e. The Hall–Kier alpha value is -2.50. The van der Waals surface area contributed by atoms with Crippen LogP contribution in [0.3, 0.4) is 0 Å². The van der Waals surface area contributed by atoms with Crippen LogP contribution in [0.2, 0.25) is 0 Å². The van der Waals surface area contributed by atoms with E-state index in [2.05, 4.69) is 16.4 Å². The molecule has 2 heterocycles. The number of hydrogen-bond acceptors (Lipinski definition) is 4. The number of ether oxygens (including phenoxy) is 1. The molecule has 0 fully saturated rings. The molecule has 130 valence electrons. The van der Waals surface area contributed by atoms with Crippen LogP contribution in [0.1, 0.15) is 22.9 Å². The van der Waals surface area contributed by atoms with Crippen molar-refractivity contribution in [3.8, 4) is 5.75 Å². The van der Waals surface area contributed by atoms with Gasteiger partial charge in [0.1, 0.15) is 11.8 Å². The number of rotatable bonds is 2. The molecule has 0 spiro atoms. The molecule has 0 unspecified atom stereocenters. The van der Waals surface area contributed by atoms with E-state index < -0.39 is 6.04 Å². The molecule has 0 saturated carbocycles. The number of aromatic nitrogens is 1. The Kier molecular flexibility index (Phi) is 4.70. The number of phenols is 1. The first-order valence-corrected chi connectivity index (χ1v) is 7.89. The summed E-state index contributed by atoms with van der Waals surface area (Å²) >= 11 is 0. The van der Waals surface area contributed by atoms with E-state index in [4.69, 9.17) is 4.74 Å². The van der Waals surface area contributed by atoms with Crippen molar-refractivity contribution in [1.82, 2.24) is 10.3 Å². The van der Waals surface area contributed by atoms with Crippen LogP contribution in [0.15, 0.2) is 48.5 Å². The number of esters is 1. The predicted molar refractivity (Wildman–Crippen MR) is 98.1 cm³/mol. The monoisotopic (exact) mass is 358 g/mol.